The van der Waals surface area contributed by atoms with Crippen LogP contribution in [0, 0.1) is 11.3 Å². The zero-order chi connectivity index (χ0) is 16.8. The second-order valence-electron chi connectivity index (χ2n) is 5.34. The molecule has 1 heterocycles. The fraction of sp³-hybridized carbons (Fsp3) is 0.158. The Labute approximate surface area is 140 Å². The second-order valence-corrected chi connectivity index (χ2v) is 5.34. The lowest BCUT2D eigenvalue weighted by molar-refractivity contribution is 0.259. The predicted octanol–water partition coefficient (Wildman–Crippen LogP) is 3.14. The van der Waals surface area contributed by atoms with Crippen molar-refractivity contribution >= 4 is 0 Å². The standard InChI is InChI=1S/C19H17N3O2/c20-8-9-22-12-18(11-21-22)16-6-7-19(17(10-16)13-23)24-14-15-4-2-1-3-5-15/h1-7,10-12,23H,9,13-14H2. The van der Waals surface area contributed by atoms with Gasteiger partial charge in [0.2, 0.25) is 0 Å². The third kappa shape index (κ3) is 3.62. The molecule has 0 amide bonds. The molecule has 0 aliphatic carbocycles. The van der Waals surface area contributed by atoms with Gasteiger partial charge >= 0.3 is 0 Å². The van der Waals surface area contributed by atoms with E-state index >= 15 is 0 Å². The summed E-state index contributed by atoms with van der Waals surface area (Å²) in [4.78, 5) is 0. The third-order valence-electron chi connectivity index (χ3n) is 3.67. The molecule has 0 saturated heterocycles. The van der Waals surface area contributed by atoms with Gasteiger partial charge in [0.25, 0.3) is 0 Å². The maximum Gasteiger partial charge on any atom is 0.128 e. The molecule has 24 heavy (non-hydrogen) atoms. The molecule has 5 heteroatoms. The van der Waals surface area contributed by atoms with Crippen LogP contribution in [-0.2, 0) is 19.8 Å². The Hall–Kier alpha value is -3.10. The van der Waals surface area contributed by atoms with Crippen molar-refractivity contribution in [3.8, 4) is 22.9 Å². The number of benzene rings is 2. The molecule has 0 radical (unpaired) electrons. The van der Waals surface area contributed by atoms with E-state index < -0.39 is 0 Å². The summed E-state index contributed by atoms with van der Waals surface area (Å²) >= 11 is 0. The lowest BCUT2D eigenvalue weighted by atomic mass is 10.1. The van der Waals surface area contributed by atoms with Crippen LogP contribution >= 0.6 is 0 Å². The van der Waals surface area contributed by atoms with Crippen LogP contribution in [0.1, 0.15) is 11.1 Å². The van der Waals surface area contributed by atoms with Gasteiger partial charge in [-0.2, -0.15) is 10.4 Å². The normalized spacial score (nSPS) is 10.3. The topological polar surface area (TPSA) is 71.1 Å². The molecule has 2 aromatic carbocycles. The lowest BCUT2D eigenvalue weighted by Gasteiger charge is -2.11. The van der Waals surface area contributed by atoms with E-state index in [2.05, 4.69) is 11.2 Å². The number of hydrogen-bond donors (Lipinski definition) is 1. The fourth-order valence-electron chi connectivity index (χ4n) is 2.43. The number of rotatable bonds is 6. The van der Waals surface area contributed by atoms with E-state index in [4.69, 9.17) is 10.00 Å². The van der Waals surface area contributed by atoms with Crippen molar-refractivity contribution in [1.82, 2.24) is 9.78 Å². The molecule has 1 N–H and O–H groups in total. The summed E-state index contributed by atoms with van der Waals surface area (Å²) < 4.78 is 7.40. The van der Waals surface area contributed by atoms with E-state index in [1.807, 2.05) is 54.7 Å². The van der Waals surface area contributed by atoms with E-state index in [1.165, 1.54) is 0 Å². The first-order valence-corrected chi connectivity index (χ1v) is 7.60. The van der Waals surface area contributed by atoms with Crippen LogP contribution < -0.4 is 4.74 Å². The monoisotopic (exact) mass is 319 g/mol. The van der Waals surface area contributed by atoms with Crippen molar-refractivity contribution in [2.45, 2.75) is 19.8 Å². The first-order chi connectivity index (χ1) is 11.8. The van der Waals surface area contributed by atoms with Crippen LogP contribution in [0.15, 0.2) is 60.9 Å². The molecule has 0 saturated carbocycles. The first-order valence-electron chi connectivity index (χ1n) is 7.60. The van der Waals surface area contributed by atoms with Crippen LogP contribution in [0.25, 0.3) is 11.1 Å². The first kappa shape index (κ1) is 15.8. The largest absolute Gasteiger partial charge is 0.489 e. The van der Waals surface area contributed by atoms with Crippen LogP contribution in [-0.4, -0.2) is 14.9 Å². The molecule has 0 atom stereocenters. The minimum atomic E-state index is -0.107. The molecule has 0 spiro atoms. The number of aliphatic hydroxyl groups is 1. The second kappa shape index (κ2) is 7.44. The molecular weight excluding hydrogens is 302 g/mol. The van der Waals surface area contributed by atoms with Gasteiger partial charge in [-0.15, -0.1) is 0 Å². The Bertz CT molecular complexity index is 851. The van der Waals surface area contributed by atoms with Crippen molar-refractivity contribution in [2.24, 2.45) is 0 Å². The summed E-state index contributed by atoms with van der Waals surface area (Å²) in [6, 6.07) is 17.6. The van der Waals surface area contributed by atoms with Crippen LogP contribution in [0.4, 0.5) is 0 Å². The third-order valence-corrected chi connectivity index (χ3v) is 3.67. The number of hydrogen-bond acceptors (Lipinski definition) is 4. The molecule has 5 nitrogen and oxygen atoms in total. The van der Waals surface area contributed by atoms with Crippen molar-refractivity contribution in [3.05, 3.63) is 72.1 Å². The summed E-state index contributed by atoms with van der Waals surface area (Å²) in [5, 5.41) is 22.5. The highest BCUT2D eigenvalue weighted by molar-refractivity contribution is 5.64. The quantitative estimate of drug-likeness (QED) is 0.757. The Kier molecular flexibility index (Phi) is 4.90. The van der Waals surface area contributed by atoms with Crippen molar-refractivity contribution in [3.63, 3.8) is 0 Å². The summed E-state index contributed by atoms with van der Waals surface area (Å²) in [5.74, 6) is 0.662. The van der Waals surface area contributed by atoms with Crippen molar-refractivity contribution in [2.75, 3.05) is 0 Å². The van der Waals surface area contributed by atoms with Gasteiger partial charge in [-0.3, -0.25) is 4.68 Å². The Balaban J connectivity index is 1.78. The van der Waals surface area contributed by atoms with Gasteiger partial charge in [0.15, 0.2) is 0 Å². The molecule has 0 unspecified atom stereocenters. The van der Waals surface area contributed by atoms with Gasteiger partial charge < -0.3 is 9.84 Å². The Morgan fingerprint density at radius 3 is 2.71 bits per heavy atom. The van der Waals surface area contributed by atoms with Crippen molar-refractivity contribution in [1.29, 1.82) is 5.26 Å². The SMILES string of the molecule is N#CCn1cc(-c2ccc(OCc3ccccc3)c(CO)c2)cn1. The van der Waals surface area contributed by atoms with Crippen LogP contribution in [0.2, 0.25) is 0 Å². The van der Waals surface area contributed by atoms with Gasteiger partial charge in [0.05, 0.1) is 18.9 Å². The molecule has 120 valence electrons. The van der Waals surface area contributed by atoms with Gasteiger partial charge in [-0.25, -0.2) is 0 Å². The summed E-state index contributed by atoms with van der Waals surface area (Å²) in [7, 11) is 0. The van der Waals surface area contributed by atoms with E-state index in [0.717, 1.165) is 22.3 Å². The summed E-state index contributed by atoms with van der Waals surface area (Å²) in [5.41, 5.74) is 3.62. The maximum atomic E-state index is 9.63. The van der Waals surface area contributed by atoms with E-state index in [1.54, 1.807) is 10.9 Å². The number of aromatic nitrogens is 2. The molecule has 0 aliphatic rings. The predicted molar refractivity (Wildman–Crippen MR) is 90.0 cm³/mol. The van der Waals surface area contributed by atoms with Crippen molar-refractivity contribution < 1.29 is 9.84 Å². The van der Waals surface area contributed by atoms with Gasteiger partial charge in [-0.1, -0.05) is 36.4 Å². The van der Waals surface area contributed by atoms with Gasteiger partial charge in [0, 0.05) is 17.3 Å². The zero-order valence-electron chi connectivity index (χ0n) is 13.1. The molecule has 3 aromatic rings. The molecule has 0 aliphatic heterocycles. The maximum absolute atomic E-state index is 9.63. The summed E-state index contributed by atoms with van der Waals surface area (Å²) in [6.07, 6.45) is 3.52. The number of ether oxygens (including phenoxy) is 1. The molecular formula is C19H17N3O2. The van der Waals surface area contributed by atoms with Gasteiger partial charge in [0.1, 0.15) is 18.9 Å². The molecule has 1 aromatic heterocycles. The number of nitriles is 1. The lowest BCUT2D eigenvalue weighted by Crippen LogP contribution is -1.99. The van der Waals surface area contributed by atoms with Crippen LogP contribution in [0.3, 0.4) is 0 Å². The highest BCUT2D eigenvalue weighted by atomic mass is 16.5. The average molecular weight is 319 g/mol. The Morgan fingerprint density at radius 2 is 1.96 bits per heavy atom. The fourth-order valence-corrected chi connectivity index (χ4v) is 2.43. The average Bonchev–Trinajstić information content (AvgIpc) is 3.10. The molecule has 0 fully saturated rings. The van der Waals surface area contributed by atoms with E-state index in [-0.39, 0.29) is 13.2 Å². The highest BCUT2D eigenvalue weighted by Gasteiger charge is 2.08. The van der Waals surface area contributed by atoms with Gasteiger partial charge in [-0.05, 0) is 23.3 Å². The molecule has 0 bridgehead atoms. The van der Waals surface area contributed by atoms with E-state index in [0.29, 0.717) is 12.4 Å². The molecule has 3 rings (SSSR count). The number of aliphatic hydroxyl groups excluding tert-OH is 1. The Morgan fingerprint density at radius 1 is 1.12 bits per heavy atom. The minimum absolute atomic E-state index is 0.107. The van der Waals surface area contributed by atoms with Crippen LogP contribution in [0.5, 0.6) is 5.75 Å². The smallest absolute Gasteiger partial charge is 0.128 e. The zero-order valence-corrected chi connectivity index (χ0v) is 13.1. The number of nitrogens with zero attached hydrogens (tertiary/aromatic N) is 3. The van der Waals surface area contributed by atoms with E-state index in [9.17, 15) is 5.11 Å². The highest BCUT2D eigenvalue weighted by Crippen LogP contribution is 2.27. The minimum Gasteiger partial charge on any atom is -0.489 e. The summed E-state index contributed by atoms with van der Waals surface area (Å²) in [6.45, 7) is 0.558.